The topological polar surface area (TPSA) is 62.0 Å². The molecule has 0 saturated heterocycles. The molecule has 2 N–H and O–H groups in total. The van der Waals surface area contributed by atoms with Gasteiger partial charge < -0.3 is 10.3 Å². The first-order valence-corrected chi connectivity index (χ1v) is 7.82. The number of aromatic nitrogens is 1. The second-order valence-corrected chi connectivity index (χ2v) is 5.69. The van der Waals surface area contributed by atoms with E-state index in [9.17, 15) is 9.59 Å². The van der Waals surface area contributed by atoms with E-state index >= 15 is 0 Å². The lowest BCUT2D eigenvalue weighted by atomic mass is 10.1. The van der Waals surface area contributed by atoms with Crippen molar-refractivity contribution < 1.29 is 9.59 Å². The first-order chi connectivity index (χ1) is 11.6. The second-order valence-electron chi connectivity index (χ2n) is 5.25. The van der Waals surface area contributed by atoms with Gasteiger partial charge in [-0.05, 0) is 31.2 Å². The number of anilines is 1. The molecule has 1 amide bonds. The lowest BCUT2D eigenvalue weighted by molar-refractivity contribution is -0.111. The van der Waals surface area contributed by atoms with Gasteiger partial charge in [0.05, 0.1) is 5.69 Å². The summed E-state index contributed by atoms with van der Waals surface area (Å²) in [6.07, 6.45) is 3.05. The van der Waals surface area contributed by atoms with Crippen LogP contribution in [-0.2, 0) is 4.79 Å². The number of H-pyrrole nitrogens is 1. The van der Waals surface area contributed by atoms with Crippen molar-refractivity contribution in [3.8, 4) is 0 Å². The summed E-state index contributed by atoms with van der Waals surface area (Å²) < 4.78 is 0. The molecule has 0 radical (unpaired) electrons. The quantitative estimate of drug-likeness (QED) is 0.541. The van der Waals surface area contributed by atoms with Crippen molar-refractivity contribution in [1.82, 2.24) is 4.98 Å². The molecule has 0 spiro atoms. The number of fused-ring (bicyclic) bond motifs is 1. The van der Waals surface area contributed by atoms with Gasteiger partial charge in [-0.3, -0.25) is 9.59 Å². The average Bonchev–Trinajstić information content (AvgIpc) is 2.92. The maximum atomic E-state index is 12.8. The summed E-state index contributed by atoms with van der Waals surface area (Å²) in [5.41, 5.74) is 2.02. The summed E-state index contributed by atoms with van der Waals surface area (Å²) in [6, 6.07) is 14.1. The number of nitrogens with one attached hydrogen (secondary N) is 2. The van der Waals surface area contributed by atoms with E-state index < -0.39 is 0 Å². The molecule has 0 saturated carbocycles. The highest BCUT2D eigenvalue weighted by atomic mass is 35.5. The summed E-state index contributed by atoms with van der Waals surface area (Å²) >= 11 is 6.03. The number of rotatable bonds is 4. The smallest absolute Gasteiger partial charge is 0.248 e. The average molecular weight is 339 g/mol. The number of allylic oxidation sites excluding steroid dienone is 1. The van der Waals surface area contributed by atoms with E-state index in [1.165, 1.54) is 6.08 Å². The number of hydrogen-bond donors (Lipinski definition) is 2. The maximum absolute atomic E-state index is 12.8. The molecule has 0 fully saturated rings. The van der Waals surface area contributed by atoms with Gasteiger partial charge in [-0.25, -0.2) is 0 Å². The van der Waals surface area contributed by atoms with Gasteiger partial charge in [-0.1, -0.05) is 48.0 Å². The number of ketones is 1. The second kappa shape index (κ2) is 6.72. The Morgan fingerprint density at radius 3 is 2.58 bits per heavy atom. The summed E-state index contributed by atoms with van der Waals surface area (Å²) in [7, 11) is 0. The van der Waals surface area contributed by atoms with Crippen molar-refractivity contribution in [2.24, 2.45) is 0 Å². The predicted octanol–water partition coefficient (Wildman–Crippen LogP) is 4.57. The fourth-order valence-electron chi connectivity index (χ4n) is 2.52. The van der Waals surface area contributed by atoms with Crippen molar-refractivity contribution in [3.63, 3.8) is 0 Å². The van der Waals surface area contributed by atoms with Gasteiger partial charge in [-0.2, -0.15) is 0 Å². The molecule has 1 heterocycles. The van der Waals surface area contributed by atoms with E-state index in [-0.39, 0.29) is 11.7 Å². The van der Waals surface area contributed by atoms with Crippen LogP contribution < -0.4 is 5.32 Å². The molecule has 120 valence electrons. The molecule has 0 unspecified atom stereocenters. The van der Waals surface area contributed by atoms with Crippen LogP contribution in [0.3, 0.4) is 0 Å². The summed E-state index contributed by atoms with van der Waals surface area (Å²) in [6.45, 7) is 1.75. The number of amides is 1. The van der Waals surface area contributed by atoms with Crippen LogP contribution in [0, 0.1) is 0 Å². The first kappa shape index (κ1) is 16.0. The Labute approximate surface area is 144 Å². The molecular formula is C19H15ClN2O2. The van der Waals surface area contributed by atoms with E-state index in [1.54, 1.807) is 55.5 Å². The van der Waals surface area contributed by atoms with Crippen molar-refractivity contribution in [1.29, 1.82) is 0 Å². The van der Waals surface area contributed by atoms with Crippen molar-refractivity contribution >= 4 is 39.9 Å². The first-order valence-electron chi connectivity index (χ1n) is 7.45. The Morgan fingerprint density at radius 2 is 1.88 bits per heavy atom. The lowest BCUT2D eigenvalue weighted by Gasteiger charge is -2.05. The van der Waals surface area contributed by atoms with Crippen LogP contribution in [0.15, 0.2) is 60.7 Å². The number of aromatic amines is 1. The molecule has 5 heteroatoms. The van der Waals surface area contributed by atoms with Gasteiger partial charge >= 0.3 is 0 Å². The molecule has 3 aromatic rings. The third-order valence-corrected chi connectivity index (χ3v) is 3.82. The minimum absolute atomic E-state index is 0.196. The van der Waals surface area contributed by atoms with Crippen molar-refractivity contribution in [2.75, 3.05) is 5.32 Å². The Kier molecular flexibility index (Phi) is 4.49. The zero-order valence-electron chi connectivity index (χ0n) is 13.0. The van der Waals surface area contributed by atoms with Crippen LogP contribution in [0.25, 0.3) is 10.9 Å². The summed E-state index contributed by atoms with van der Waals surface area (Å²) in [5.74, 6) is -0.492. The van der Waals surface area contributed by atoms with E-state index in [4.69, 9.17) is 11.6 Å². The SMILES string of the molecule is C/C=C/C(=O)Nc1c(C(=O)c2ccccc2)[nH]c2cc(Cl)ccc12. The number of carbonyl (C=O) groups is 2. The van der Waals surface area contributed by atoms with Crippen LogP contribution in [0.2, 0.25) is 5.02 Å². The highest BCUT2D eigenvalue weighted by molar-refractivity contribution is 6.31. The third-order valence-electron chi connectivity index (χ3n) is 3.59. The zero-order valence-corrected chi connectivity index (χ0v) is 13.7. The van der Waals surface area contributed by atoms with Crippen LogP contribution in [0.4, 0.5) is 5.69 Å². The van der Waals surface area contributed by atoms with Gasteiger partial charge in [0.15, 0.2) is 0 Å². The maximum Gasteiger partial charge on any atom is 0.248 e. The molecule has 0 aliphatic rings. The van der Waals surface area contributed by atoms with Crippen LogP contribution in [0.5, 0.6) is 0 Å². The minimum Gasteiger partial charge on any atom is -0.350 e. The van der Waals surface area contributed by atoms with Gasteiger partial charge in [0, 0.05) is 21.5 Å². The Bertz CT molecular complexity index is 943. The Balaban J connectivity index is 2.15. The number of benzene rings is 2. The van der Waals surface area contributed by atoms with E-state index in [2.05, 4.69) is 10.3 Å². The number of hydrogen-bond acceptors (Lipinski definition) is 2. The molecule has 4 nitrogen and oxygen atoms in total. The van der Waals surface area contributed by atoms with Crippen LogP contribution in [-0.4, -0.2) is 16.7 Å². The van der Waals surface area contributed by atoms with Crippen molar-refractivity contribution in [2.45, 2.75) is 6.92 Å². The lowest BCUT2D eigenvalue weighted by Crippen LogP contribution is -2.12. The van der Waals surface area contributed by atoms with Gasteiger partial charge in [-0.15, -0.1) is 0 Å². The Hall–Kier alpha value is -2.85. The molecule has 0 bridgehead atoms. The van der Waals surface area contributed by atoms with Crippen molar-refractivity contribution in [3.05, 3.63) is 77.0 Å². The van der Waals surface area contributed by atoms with E-state index in [1.807, 2.05) is 6.07 Å². The number of carbonyl (C=O) groups excluding carboxylic acids is 2. The largest absolute Gasteiger partial charge is 0.350 e. The standard InChI is InChI=1S/C19H15ClN2O2/c1-2-6-16(23)22-17-14-10-9-13(20)11-15(14)21-18(17)19(24)12-7-4-3-5-8-12/h2-11,21H,1H3,(H,22,23)/b6-2+. The molecular weight excluding hydrogens is 324 g/mol. The van der Waals surface area contributed by atoms with Gasteiger partial charge in [0.25, 0.3) is 0 Å². The molecule has 2 aromatic carbocycles. The highest BCUT2D eigenvalue weighted by Crippen LogP contribution is 2.31. The van der Waals surface area contributed by atoms with Crippen LogP contribution >= 0.6 is 11.6 Å². The normalized spacial score (nSPS) is 11.1. The molecule has 0 aliphatic carbocycles. The van der Waals surface area contributed by atoms with Gasteiger partial charge in [0.1, 0.15) is 5.69 Å². The monoisotopic (exact) mass is 338 g/mol. The van der Waals surface area contributed by atoms with Gasteiger partial charge in [0.2, 0.25) is 11.7 Å². The Morgan fingerprint density at radius 1 is 1.12 bits per heavy atom. The predicted molar refractivity (Wildman–Crippen MR) is 96.6 cm³/mol. The molecule has 1 aromatic heterocycles. The third kappa shape index (κ3) is 3.09. The molecule has 0 aliphatic heterocycles. The summed E-state index contributed by atoms with van der Waals surface area (Å²) in [5, 5.41) is 4.07. The van der Waals surface area contributed by atoms with E-state index in [0.717, 1.165) is 5.39 Å². The fourth-order valence-corrected chi connectivity index (χ4v) is 2.69. The minimum atomic E-state index is -0.296. The molecule has 24 heavy (non-hydrogen) atoms. The van der Waals surface area contributed by atoms with Crippen LogP contribution in [0.1, 0.15) is 23.0 Å². The van der Waals surface area contributed by atoms with E-state index in [0.29, 0.717) is 27.5 Å². The highest BCUT2D eigenvalue weighted by Gasteiger charge is 2.20. The zero-order chi connectivity index (χ0) is 17.1. The number of halogens is 1. The molecule has 3 rings (SSSR count). The summed E-state index contributed by atoms with van der Waals surface area (Å²) in [4.78, 5) is 27.9. The fraction of sp³-hybridized carbons (Fsp3) is 0.0526. The molecule has 0 atom stereocenters.